The zero-order chi connectivity index (χ0) is 12.3. The van der Waals surface area contributed by atoms with Crippen LogP contribution in [0.25, 0.3) is 0 Å². The molecule has 2 aromatic carbocycles. The first kappa shape index (κ1) is 12.7. The summed E-state index contributed by atoms with van der Waals surface area (Å²) < 4.78 is 1.90. The van der Waals surface area contributed by atoms with Gasteiger partial charge in [0.2, 0.25) is 0 Å². The van der Waals surface area contributed by atoms with Crippen LogP contribution in [0.1, 0.15) is 5.56 Å². The maximum Gasteiger partial charge on any atom is 0.100 e. The molecule has 0 amide bonds. The molecule has 0 fully saturated rings. The third-order valence-electron chi connectivity index (χ3n) is 2.09. The predicted molar refractivity (Wildman–Crippen MR) is 77.1 cm³/mol. The summed E-state index contributed by atoms with van der Waals surface area (Å²) in [5.41, 5.74) is 0.656. The van der Waals surface area contributed by atoms with E-state index in [1.807, 2.05) is 30.3 Å². The molecule has 17 heavy (non-hydrogen) atoms. The van der Waals surface area contributed by atoms with Crippen molar-refractivity contribution >= 4 is 43.6 Å². The number of hydrogen-bond acceptors (Lipinski definition) is 2. The topological polar surface area (TPSA) is 23.8 Å². The molecule has 2 aromatic rings. The van der Waals surface area contributed by atoms with Gasteiger partial charge in [0.15, 0.2) is 0 Å². The number of nitrogens with zero attached hydrogens (tertiary/aromatic N) is 1. The van der Waals surface area contributed by atoms with E-state index in [9.17, 15) is 0 Å². The first-order valence-electron chi connectivity index (χ1n) is 4.82. The van der Waals surface area contributed by atoms with Crippen LogP contribution >= 0.6 is 43.6 Å². The second-order valence-electron chi connectivity index (χ2n) is 3.31. The van der Waals surface area contributed by atoms with E-state index in [2.05, 4.69) is 50.1 Å². The fourth-order valence-corrected chi connectivity index (χ4v) is 3.40. The van der Waals surface area contributed by atoms with Gasteiger partial charge < -0.3 is 0 Å². The summed E-state index contributed by atoms with van der Waals surface area (Å²) in [5, 5.41) is 8.84. The molecular weight excluding hydrogens is 362 g/mol. The minimum atomic E-state index is 0.656. The average molecular weight is 369 g/mol. The van der Waals surface area contributed by atoms with Crippen LogP contribution < -0.4 is 0 Å². The molecule has 0 aliphatic heterocycles. The SMILES string of the molecule is N#Cc1ccc(Sc2cccc(Br)c2)cc1Br. The van der Waals surface area contributed by atoms with Crippen molar-refractivity contribution in [1.82, 2.24) is 0 Å². The maximum absolute atomic E-state index is 8.84. The van der Waals surface area contributed by atoms with Crippen LogP contribution in [0.4, 0.5) is 0 Å². The number of benzene rings is 2. The summed E-state index contributed by atoms with van der Waals surface area (Å²) in [7, 11) is 0. The fraction of sp³-hybridized carbons (Fsp3) is 0. The largest absolute Gasteiger partial charge is 0.192 e. The molecule has 0 bridgehead atoms. The van der Waals surface area contributed by atoms with Gasteiger partial charge in [0.1, 0.15) is 6.07 Å². The summed E-state index contributed by atoms with van der Waals surface area (Å²) in [6.07, 6.45) is 0. The van der Waals surface area contributed by atoms with Crippen LogP contribution in [0, 0.1) is 11.3 Å². The normalized spacial score (nSPS) is 9.94. The van der Waals surface area contributed by atoms with Gasteiger partial charge in [-0.25, -0.2) is 0 Å². The predicted octanol–water partition coefficient (Wildman–Crippen LogP) is 5.23. The van der Waals surface area contributed by atoms with Crippen molar-refractivity contribution in [2.75, 3.05) is 0 Å². The lowest BCUT2D eigenvalue weighted by molar-refractivity contribution is 1.36. The lowest BCUT2D eigenvalue weighted by Crippen LogP contribution is -1.79. The van der Waals surface area contributed by atoms with Gasteiger partial charge in [-0.3, -0.25) is 0 Å². The Kier molecular flexibility index (Phi) is 4.27. The van der Waals surface area contributed by atoms with Crippen LogP contribution in [-0.4, -0.2) is 0 Å². The van der Waals surface area contributed by atoms with Crippen molar-refractivity contribution in [1.29, 1.82) is 5.26 Å². The first-order chi connectivity index (χ1) is 8.19. The second-order valence-corrected chi connectivity index (χ2v) is 6.23. The van der Waals surface area contributed by atoms with Crippen molar-refractivity contribution in [3.8, 4) is 6.07 Å². The zero-order valence-electron chi connectivity index (χ0n) is 8.65. The lowest BCUT2D eigenvalue weighted by Gasteiger charge is -2.03. The highest BCUT2D eigenvalue weighted by atomic mass is 79.9. The van der Waals surface area contributed by atoms with Crippen molar-refractivity contribution in [2.24, 2.45) is 0 Å². The zero-order valence-corrected chi connectivity index (χ0v) is 12.6. The van der Waals surface area contributed by atoms with Crippen LogP contribution in [0.3, 0.4) is 0 Å². The standard InChI is InChI=1S/C13H7Br2NS/c14-10-2-1-3-11(6-10)17-12-5-4-9(8-16)13(15)7-12/h1-7H. The van der Waals surface area contributed by atoms with E-state index in [-0.39, 0.29) is 0 Å². The fourth-order valence-electron chi connectivity index (χ4n) is 1.32. The van der Waals surface area contributed by atoms with Crippen molar-refractivity contribution in [3.63, 3.8) is 0 Å². The van der Waals surface area contributed by atoms with E-state index in [0.29, 0.717) is 5.56 Å². The van der Waals surface area contributed by atoms with E-state index >= 15 is 0 Å². The molecule has 0 spiro atoms. The minimum Gasteiger partial charge on any atom is -0.192 e. The molecule has 0 saturated carbocycles. The van der Waals surface area contributed by atoms with Gasteiger partial charge in [0, 0.05) is 18.7 Å². The Morgan fingerprint density at radius 1 is 1.00 bits per heavy atom. The van der Waals surface area contributed by atoms with E-state index in [4.69, 9.17) is 5.26 Å². The van der Waals surface area contributed by atoms with Gasteiger partial charge in [-0.2, -0.15) is 5.26 Å². The Morgan fingerprint density at radius 3 is 2.41 bits per heavy atom. The Labute approximate surface area is 121 Å². The summed E-state index contributed by atoms with van der Waals surface area (Å²) >= 11 is 8.50. The van der Waals surface area contributed by atoms with Gasteiger partial charge >= 0.3 is 0 Å². The molecule has 0 heterocycles. The number of nitriles is 1. The van der Waals surface area contributed by atoms with Crippen molar-refractivity contribution in [2.45, 2.75) is 9.79 Å². The molecule has 4 heteroatoms. The third kappa shape index (κ3) is 3.35. The Balaban J connectivity index is 2.25. The Morgan fingerprint density at radius 2 is 1.76 bits per heavy atom. The van der Waals surface area contributed by atoms with Gasteiger partial charge in [-0.05, 0) is 52.3 Å². The Bertz CT molecular complexity index is 590. The summed E-state index contributed by atoms with van der Waals surface area (Å²) in [6, 6.07) is 16.0. The van der Waals surface area contributed by atoms with E-state index in [1.54, 1.807) is 11.8 Å². The van der Waals surface area contributed by atoms with E-state index in [1.165, 1.54) is 0 Å². The first-order valence-corrected chi connectivity index (χ1v) is 7.22. The maximum atomic E-state index is 8.84. The molecule has 0 radical (unpaired) electrons. The highest BCUT2D eigenvalue weighted by molar-refractivity contribution is 9.10. The average Bonchev–Trinajstić information content (AvgIpc) is 2.29. The molecule has 2 rings (SSSR count). The third-order valence-corrected chi connectivity index (χ3v) is 4.22. The van der Waals surface area contributed by atoms with Gasteiger partial charge in [-0.15, -0.1) is 0 Å². The minimum absolute atomic E-state index is 0.656. The second kappa shape index (κ2) is 5.72. The van der Waals surface area contributed by atoms with Crippen LogP contribution in [-0.2, 0) is 0 Å². The summed E-state index contributed by atoms with van der Waals surface area (Å²) in [4.78, 5) is 2.27. The van der Waals surface area contributed by atoms with Crippen LogP contribution in [0.15, 0.2) is 61.2 Å². The van der Waals surface area contributed by atoms with Gasteiger partial charge in [0.25, 0.3) is 0 Å². The summed E-state index contributed by atoms with van der Waals surface area (Å²) in [6.45, 7) is 0. The van der Waals surface area contributed by atoms with Crippen LogP contribution in [0.2, 0.25) is 0 Å². The highest BCUT2D eigenvalue weighted by Crippen LogP contribution is 2.31. The smallest absolute Gasteiger partial charge is 0.100 e. The molecule has 84 valence electrons. The number of rotatable bonds is 2. The van der Waals surface area contributed by atoms with E-state index < -0.39 is 0 Å². The molecule has 0 aromatic heterocycles. The molecule has 0 aliphatic carbocycles. The monoisotopic (exact) mass is 367 g/mol. The molecule has 0 aliphatic rings. The van der Waals surface area contributed by atoms with E-state index in [0.717, 1.165) is 18.7 Å². The van der Waals surface area contributed by atoms with Gasteiger partial charge in [-0.1, -0.05) is 33.8 Å². The Hall–Kier alpha value is -0.760. The lowest BCUT2D eigenvalue weighted by atomic mass is 10.2. The van der Waals surface area contributed by atoms with Gasteiger partial charge in [0.05, 0.1) is 5.56 Å². The molecule has 0 unspecified atom stereocenters. The summed E-state index contributed by atoms with van der Waals surface area (Å²) in [5.74, 6) is 0. The molecule has 0 saturated heterocycles. The van der Waals surface area contributed by atoms with Crippen LogP contribution in [0.5, 0.6) is 0 Å². The highest BCUT2D eigenvalue weighted by Gasteiger charge is 2.02. The molecular formula is C13H7Br2NS. The molecule has 0 atom stereocenters. The number of halogens is 2. The number of hydrogen-bond donors (Lipinski definition) is 0. The molecule has 1 nitrogen and oxygen atoms in total. The van der Waals surface area contributed by atoms with Crippen molar-refractivity contribution in [3.05, 3.63) is 57.0 Å². The molecule has 0 N–H and O–H groups in total. The van der Waals surface area contributed by atoms with Crippen molar-refractivity contribution < 1.29 is 0 Å². The quantitative estimate of drug-likeness (QED) is 0.724.